The van der Waals surface area contributed by atoms with Crippen LogP contribution in [0.2, 0.25) is 0 Å². The molecule has 26 heavy (non-hydrogen) atoms. The van der Waals surface area contributed by atoms with E-state index in [2.05, 4.69) is 16.0 Å². The smallest absolute Gasteiger partial charge is 0.264 e. The predicted octanol–water partition coefficient (Wildman–Crippen LogP) is -0.364. The van der Waals surface area contributed by atoms with E-state index in [1.807, 2.05) is 0 Å². The molecule has 2 aliphatic heterocycles. The first-order valence-corrected chi connectivity index (χ1v) is 8.23. The van der Waals surface area contributed by atoms with Gasteiger partial charge in [-0.1, -0.05) is 6.07 Å². The van der Waals surface area contributed by atoms with Crippen molar-refractivity contribution < 1.29 is 24.0 Å². The van der Waals surface area contributed by atoms with Crippen LogP contribution < -0.4 is 16.0 Å². The summed E-state index contributed by atoms with van der Waals surface area (Å²) in [6.45, 7) is 0.0443. The molecule has 9 heteroatoms. The van der Waals surface area contributed by atoms with Gasteiger partial charge in [-0.2, -0.15) is 0 Å². The van der Waals surface area contributed by atoms with Crippen molar-refractivity contribution in [1.29, 1.82) is 0 Å². The zero-order valence-corrected chi connectivity index (χ0v) is 14.1. The van der Waals surface area contributed by atoms with E-state index in [1.165, 1.54) is 12.1 Å². The number of rotatable bonds is 4. The molecule has 1 unspecified atom stereocenters. The monoisotopic (exact) mass is 358 g/mol. The lowest BCUT2D eigenvalue weighted by Crippen LogP contribution is -2.49. The van der Waals surface area contributed by atoms with Gasteiger partial charge in [-0.05, 0) is 32.0 Å². The molecule has 1 aromatic carbocycles. The Hall–Kier alpha value is -3.07. The molecule has 3 rings (SSSR count). The lowest BCUT2D eigenvalue weighted by molar-refractivity contribution is -0.131. The molecule has 1 saturated heterocycles. The number of imide groups is 2. The number of hydrogen-bond acceptors (Lipinski definition) is 6. The minimum Gasteiger partial charge on any atom is -0.324 e. The van der Waals surface area contributed by atoms with Crippen LogP contribution in [0.3, 0.4) is 0 Å². The van der Waals surface area contributed by atoms with E-state index < -0.39 is 29.7 Å². The molecule has 0 saturated carbocycles. The first kappa shape index (κ1) is 17.7. The van der Waals surface area contributed by atoms with Crippen LogP contribution in [0.15, 0.2) is 18.2 Å². The molecule has 1 aromatic rings. The lowest BCUT2D eigenvalue weighted by Gasteiger charge is -2.23. The average molecular weight is 358 g/mol. The summed E-state index contributed by atoms with van der Waals surface area (Å²) in [7, 11) is 1.61. The van der Waals surface area contributed by atoms with Crippen molar-refractivity contribution in [2.45, 2.75) is 25.3 Å². The van der Waals surface area contributed by atoms with Gasteiger partial charge >= 0.3 is 0 Å². The van der Waals surface area contributed by atoms with E-state index in [4.69, 9.17) is 0 Å². The number of nitrogens with zero attached hydrogens (tertiary/aromatic N) is 1. The number of benzene rings is 1. The Balaban J connectivity index is 1.93. The first-order chi connectivity index (χ1) is 12.4. The highest BCUT2D eigenvalue weighted by Gasteiger charge is 2.44. The number of carbonyl (C=O) groups excluding carboxylic acids is 5. The summed E-state index contributed by atoms with van der Waals surface area (Å²) in [5.41, 5.74) is 0.402. The van der Waals surface area contributed by atoms with Crippen LogP contribution in [0.4, 0.5) is 5.69 Å². The summed E-state index contributed by atoms with van der Waals surface area (Å²) < 4.78 is 0. The van der Waals surface area contributed by atoms with Crippen molar-refractivity contribution >= 4 is 35.2 Å². The largest absolute Gasteiger partial charge is 0.324 e. The van der Waals surface area contributed by atoms with Gasteiger partial charge in [0.2, 0.25) is 17.7 Å². The summed E-state index contributed by atoms with van der Waals surface area (Å²) >= 11 is 0. The third kappa shape index (κ3) is 3.08. The molecule has 3 N–H and O–H groups in total. The van der Waals surface area contributed by atoms with Gasteiger partial charge in [0.25, 0.3) is 11.8 Å². The lowest BCUT2D eigenvalue weighted by atomic mass is 10.1. The second-order valence-electron chi connectivity index (χ2n) is 6.11. The number of amides is 5. The Morgan fingerprint density at radius 3 is 2.73 bits per heavy atom. The van der Waals surface area contributed by atoms with Gasteiger partial charge in [-0.25, -0.2) is 0 Å². The first-order valence-electron chi connectivity index (χ1n) is 8.23. The Kier molecular flexibility index (Phi) is 4.81. The van der Waals surface area contributed by atoms with E-state index in [1.54, 1.807) is 13.1 Å². The van der Waals surface area contributed by atoms with Crippen LogP contribution in [0.5, 0.6) is 0 Å². The van der Waals surface area contributed by atoms with Gasteiger partial charge in [-0.3, -0.25) is 34.2 Å². The standard InChI is InChI=1S/C17H18N4O5/c1-18-8-13(23)19-10-5-2-4-9-14(10)17(26)21(16(9)25)11-6-3-7-12(22)20-15(11)24/h2,4-5,11,18H,3,6-8H2,1H3,(H,19,23)(H,20,22,24). The maximum absolute atomic E-state index is 12.9. The number of nitrogens with one attached hydrogen (secondary N) is 3. The van der Waals surface area contributed by atoms with Crippen LogP contribution in [-0.4, -0.2) is 54.1 Å². The van der Waals surface area contributed by atoms with Crippen LogP contribution in [0.25, 0.3) is 0 Å². The fraction of sp³-hybridized carbons (Fsp3) is 0.353. The third-order valence-corrected chi connectivity index (χ3v) is 4.32. The third-order valence-electron chi connectivity index (χ3n) is 4.32. The van der Waals surface area contributed by atoms with Crippen LogP contribution >= 0.6 is 0 Å². The maximum atomic E-state index is 12.9. The molecule has 0 radical (unpaired) electrons. The quantitative estimate of drug-likeness (QED) is 0.631. The highest BCUT2D eigenvalue weighted by Crippen LogP contribution is 2.32. The normalized spacial score (nSPS) is 19.9. The van der Waals surface area contributed by atoms with Crippen LogP contribution in [0, 0.1) is 0 Å². The summed E-state index contributed by atoms with van der Waals surface area (Å²) in [5.74, 6) is -2.71. The van der Waals surface area contributed by atoms with E-state index in [0.29, 0.717) is 6.42 Å². The fourth-order valence-electron chi connectivity index (χ4n) is 3.16. The minimum atomic E-state index is -1.05. The topological polar surface area (TPSA) is 125 Å². The summed E-state index contributed by atoms with van der Waals surface area (Å²) in [6.07, 6.45) is 0.766. The van der Waals surface area contributed by atoms with Crippen LogP contribution in [0.1, 0.15) is 40.0 Å². The average Bonchev–Trinajstić information content (AvgIpc) is 2.72. The van der Waals surface area contributed by atoms with Crippen LogP contribution in [-0.2, 0) is 14.4 Å². The Labute approximate surface area is 149 Å². The predicted molar refractivity (Wildman–Crippen MR) is 90.3 cm³/mol. The SMILES string of the molecule is CNCC(=O)Nc1cccc2c1C(=O)N(C1CCCC(=O)NC1=O)C2=O. The van der Waals surface area contributed by atoms with Gasteiger partial charge in [-0.15, -0.1) is 0 Å². The Morgan fingerprint density at radius 1 is 1.23 bits per heavy atom. The number of likely N-dealkylation sites (N-methyl/N-ethyl adjacent to an activating group) is 1. The molecule has 5 amide bonds. The molecule has 2 aliphatic rings. The molecule has 1 fully saturated rings. The van der Waals surface area contributed by atoms with Crippen molar-refractivity contribution in [1.82, 2.24) is 15.5 Å². The molecule has 2 heterocycles. The van der Waals surface area contributed by atoms with Gasteiger partial charge in [0.1, 0.15) is 6.04 Å². The van der Waals surface area contributed by atoms with Gasteiger partial charge in [0.05, 0.1) is 23.4 Å². The summed E-state index contributed by atoms with van der Waals surface area (Å²) in [5, 5.41) is 7.48. The number of carbonyl (C=O) groups is 5. The second kappa shape index (κ2) is 7.04. The number of anilines is 1. The molecule has 136 valence electrons. The van der Waals surface area contributed by atoms with E-state index in [9.17, 15) is 24.0 Å². The molecule has 0 aromatic heterocycles. The van der Waals surface area contributed by atoms with E-state index >= 15 is 0 Å². The minimum absolute atomic E-state index is 0.0443. The zero-order chi connectivity index (χ0) is 18.8. The van der Waals surface area contributed by atoms with Crippen molar-refractivity contribution in [2.24, 2.45) is 0 Å². The number of hydrogen-bond donors (Lipinski definition) is 3. The highest BCUT2D eigenvalue weighted by atomic mass is 16.2. The second-order valence-corrected chi connectivity index (χ2v) is 6.11. The van der Waals surface area contributed by atoms with Crippen molar-refractivity contribution in [3.8, 4) is 0 Å². The molecule has 9 nitrogen and oxygen atoms in total. The molecule has 0 aliphatic carbocycles. The zero-order valence-electron chi connectivity index (χ0n) is 14.1. The summed E-state index contributed by atoms with van der Waals surface area (Å²) in [4.78, 5) is 62.1. The van der Waals surface area contributed by atoms with Crippen molar-refractivity contribution in [3.63, 3.8) is 0 Å². The molecular formula is C17H18N4O5. The summed E-state index contributed by atoms with van der Waals surface area (Å²) in [6, 6.07) is 3.51. The Morgan fingerprint density at radius 2 is 2.00 bits per heavy atom. The van der Waals surface area contributed by atoms with E-state index in [0.717, 1.165) is 4.90 Å². The molecular weight excluding hydrogens is 340 g/mol. The maximum Gasteiger partial charge on any atom is 0.264 e. The molecule has 0 spiro atoms. The van der Waals surface area contributed by atoms with Gasteiger partial charge in [0, 0.05) is 6.42 Å². The van der Waals surface area contributed by atoms with Crippen molar-refractivity contribution in [3.05, 3.63) is 29.3 Å². The van der Waals surface area contributed by atoms with Gasteiger partial charge in [0.15, 0.2) is 0 Å². The van der Waals surface area contributed by atoms with Crippen molar-refractivity contribution in [2.75, 3.05) is 18.9 Å². The molecule has 0 bridgehead atoms. The van der Waals surface area contributed by atoms with E-state index in [-0.39, 0.29) is 42.1 Å². The molecule has 1 atom stereocenters. The Bertz CT molecular complexity index is 819. The number of fused-ring (bicyclic) bond motifs is 1. The highest BCUT2D eigenvalue weighted by molar-refractivity contribution is 6.26. The van der Waals surface area contributed by atoms with Gasteiger partial charge < -0.3 is 10.6 Å². The fourth-order valence-corrected chi connectivity index (χ4v) is 3.16.